The number of benzene rings is 3. The normalized spacial score (nSPS) is 15.1. The quantitative estimate of drug-likeness (QED) is 0.557. The SMILES string of the molecule is CS(=O)(=O)Nc1ccc2c(c1)NC(C(=O)Nc1cccc(-c3ccc(F)cc3)c1F)C2. The Hall–Kier alpha value is -3.46. The van der Waals surface area contributed by atoms with Gasteiger partial charge < -0.3 is 10.6 Å². The van der Waals surface area contributed by atoms with Gasteiger partial charge in [0.15, 0.2) is 5.82 Å². The van der Waals surface area contributed by atoms with E-state index in [0.717, 1.165) is 11.8 Å². The molecule has 1 heterocycles. The van der Waals surface area contributed by atoms with Crippen LogP contribution in [0.5, 0.6) is 0 Å². The highest BCUT2D eigenvalue weighted by Gasteiger charge is 2.28. The molecule has 1 atom stereocenters. The lowest BCUT2D eigenvalue weighted by Gasteiger charge is -2.14. The van der Waals surface area contributed by atoms with Crippen LogP contribution >= 0.6 is 0 Å². The maximum Gasteiger partial charge on any atom is 0.247 e. The number of carbonyl (C=O) groups is 1. The highest BCUT2D eigenvalue weighted by molar-refractivity contribution is 7.92. The van der Waals surface area contributed by atoms with Crippen LogP contribution in [-0.4, -0.2) is 26.6 Å². The zero-order chi connectivity index (χ0) is 22.2. The summed E-state index contributed by atoms with van der Waals surface area (Å²) in [5.41, 5.74) is 2.62. The summed E-state index contributed by atoms with van der Waals surface area (Å²) < 4.78 is 53.3. The predicted molar refractivity (Wildman–Crippen MR) is 116 cm³/mol. The molecule has 4 rings (SSSR count). The fourth-order valence-electron chi connectivity index (χ4n) is 3.48. The molecule has 0 aliphatic carbocycles. The monoisotopic (exact) mass is 443 g/mol. The van der Waals surface area contributed by atoms with Crippen LogP contribution in [0.15, 0.2) is 60.7 Å². The maximum absolute atomic E-state index is 15.0. The average Bonchev–Trinajstić information content (AvgIpc) is 3.13. The van der Waals surface area contributed by atoms with E-state index in [4.69, 9.17) is 0 Å². The van der Waals surface area contributed by atoms with Crippen LogP contribution in [0.2, 0.25) is 0 Å². The molecule has 1 aliphatic heterocycles. The van der Waals surface area contributed by atoms with Crippen molar-refractivity contribution >= 4 is 33.0 Å². The summed E-state index contributed by atoms with van der Waals surface area (Å²) in [6.45, 7) is 0. The summed E-state index contributed by atoms with van der Waals surface area (Å²) in [5, 5.41) is 5.64. The van der Waals surface area contributed by atoms with Crippen molar-refractivity contribution in [1.29, 1.82) is 0 Å². The molecule has 0 bridgehead atoms. The molecule has 0 aromatic heterocycles. The van der Waals surface area contributed by atoms with Crippen LogP contribution in [0.25, 0.3) is 11.1 Å². The lowest BCUT2D eigenvalue weighted by Crippen LogP contribution is -2.33. The molecule has 0 saturated heterocycles. The summed E-state index contributed by atoms with van der Waals surface area (Å²) in [4.78, 5) is 12.7. The third-order valence-electron chi connectivity index (χ3n) is 4.90. The first-order chi connectivity index (χ1) is 14.7. The van der Waals surface area contributed by atoms with Crippen molar-refractivity contribution in [1.82, 2.24) is 0 Å². The smallest absolute Gasteiger partial charge is 0.247 e. The first-order valence-electron chi connectivity index (χ1n) is 9.42. The molecule has 1 aliphatic rings. The van der Waals surface area contributed by atoms with Crippen LogP contribution in [-0.2, 0) is 21.2 Å². The predicted octanol–water partition coefficient (Wildman–Crippen LogP) is 3.98. The minimum atomic E-state index is -3.42. The van der Waals surface area contributed by atoms with Crippen LogP contribution in [0.1, 0.15) is 5.56 Å². The van der Waals surface area contributed by atoms with Gasteiger partial charge in [-0.2, -0.15) is 0 Å². The Labute approximate surface area is 178 Å². The van der Waals surface area contributed by atoms with Gasteiger partial charge in [0.1, 0.15) is 11.9 Å². The summed E-state index contributed by atoms with van der Waals surface area (Å²) >= 11 is 0. The average molecular weight is 443 g/mol. The molecule has 0 radical (unpaired) electrons. The molecule has 3 aromatic carbocycles. The van der Waals surface area contributed by atoms with Gasteiger partial charge in [-0.05, 0) is 41.5 Å². The Kier molecular flexibility index (Phi) is 5.36. The second-order valence-electron chi connectivity index (χ2n) is 7.31. The van der Waals surface area contributed by atoms with E-state index in [0.29, 0.717) is 23.4 Å². The number of fused-ring (bicyclic) bond motifs is 1. The molecular weight excluding hydrogens is 424 g/mol. The van der Waals surface area contributed by atoms with Gasteiger partial charge in [-0.3, -0.25) is 9.52 Å². The Balaban J connectivity index is 1.50. The van der Waals surface area contributed by atoms with E-state index in [1.807, 2.05) is 0 Å². The van der Waals surface area contributed by atoms with Gasteiger partial charge in [0.2, 0.25) is 15.9 Å². The highest BCUT2D eigenvalue weighted by atomic mass is 32.2. The second kappa shape index (κ2) is 7.99. The van der Waals surface area contributed by atoms with Crippen molar-refractivity contribution in [3.05, 3.63) is 77.9 Å². The van der Waals surface area contributed by atoms with Crippen LogP contribution in [0, 0.1) is 11.6 Å². The molecule has 0 fully saturated rings. The van der Waals surface area contributed by atoms with Gasteiger partial charge in [0.05, 0.1) is 17.6 Å². The Morgan fingerprint density at radius 1 is 1.06 bits per heavy atom. The molecule has 3 aromatic rings. The maximum atomic E-state index is 15.0. The number of halogens is 2. The van der Waals surface area contributed by atoms with E-state index >= 15 is 0 Å². The standard InChI is InChI=1S/C22H19F2N3O3S/c1-31(29,30)27-16-10-7-14-11-20(25-19(14)12-16)22(28)26-18-4-2-3-17(21(18)24)13-5-8-15(23)9-6-13/h2-10,12,20,25,27H,11H2,1H3,(H,26,28). The Morgan fingerprint density at radius 3 is 2.52 bits per heavy atom. The van der Waals surface area contributed by atoms with Crippen molar-refractivity contribution in [2.24, 2.45) is 0 Å². The van der Waals surface area contributed by atoms with Crippen molar-refractivity contribution in [2.45, 2.75) is 12.5 Å². The lowest BCUT2D eigenvalue weighted by molar-refractivity contribution is -0.116. The van der Waals surface area contributed by atoms with E-state index in [-0.39, 0.29) is 11.3 Å². The first-order valence-corrected chi connectivity index (χ1v) is 11.3. The van der Waals surface area contributed by atoms with Gasteiger partial charge in [0, 0.05) is 17.7 Å². The van der Waals surface area contributed by atoms with E-state index in [9.17, 15) is 22.0 Å². The van der Waals surface area contributed by atoms with Crippen molar-refractivity contribution in [3.63, 3.8) is 0 Å². The van der Waals surface area contributed by atoms with Crippen molar-refractivity contribution < 1.29 is 22.0 Å². The van der Waals surface area contributed by atoms with Gasteiger partial charge in [-0.25, -0.2) is 17.2 Å². The van der Waals surface area contributed by atoms with Gasteiger partial charge in [-0.15, -0.1) is 0 Å². The van der Waals surface area contributed by atoms with Crippen molar-refractivity contribution in [3.8, 4) is 11.1 Å². The van der Waals surface area contributed by atoms with E-state index in [1.54, 1.807) is 30.3 Å². The number of amides is 1. The zero-order valence-electron chi connectivity index (χ0n) is 16.4. The molecule has 9 heteroatoms. The third kappa shape index (κ3) is 4.66. The van der Waals surface area contributed by atoms with Crippen molar-refractivity contribution in [2.75, 3.05) is 21.6 Å². The number of hydrogen-bond donors (Lipinski definition) is 3. The number of sulfonamides is 1. The van der Waals surface area contributed by atoms with Crippen LogP contribution < -0.4 is 15.4 Å². The third-order valence-corrected chi connectivity index (χ3v) is 5.50. The molecule has 160 valence electrons. The van der Waals surface area contributed by atoms with Gasteiger partial charge >= 0.3 is 0 Å². The molecular formula is C22H19F2N3O3S. The Morgan fingerprint density at radius 2 is 1.81 bits per heavy atom. The molecule has 6 nitrogen and oxygen atoms in total. The summed E-state index contributed by atoms with van der Waals surface area (Å²) in [5.74, 6) is -1.46. The van der Waals surface area contributed by atoms with E-state index < -0.39 is 33.6 Å². The summed E-state index contributed by atoms with van der Waals surface area (Å²) in [7, 11) is -3.42. The Bertz CT molecular complexity index is 1260. The van der Waals surface area contributed by atoms with Gasteiger partial charge in [-0.1, -0.05) is 30.3 Å². The molecule has 31 heavy (non-hydrogen) atoms. The first kappa shape index (κ1) is 20.8. The minimum absolute atomic E-state index is 0.0176. The minimum Gasteiger partial charge on any atom is -0.373 e. The molecule has 3 N–H and O–H groups in total. The number of hydrogen-bond acceptors (Lipinski definition) is 4. The van der Waals surface area contributed by atoms with E-state index in [1.165, 1.54) is 30.3 Å². The molecule has 1 unspecified atom stereocenters. The number of nitrogens with one attached hydrogen (secondary N) is 3. The largest absolute Gasteiger partial charge is 0.373 e. The second-order valence-corrected chi connectivity index (χ2v) is 9.06. The molecule has 1 amide bonds. The fourth-order valence-corrected chi connectivity index (χ4v) is 4.04. The topological polar surface area (TPSA) is 87.3 Å². The highest BCUT2D eigenvalue weighted by Crippen LogP contribution is 2.31. The van der Waals surface area contributed by atoms with Crippen LogP contribution in [0.4, 0.5) is 25.8 Å². The number of rotatable bonds is 5. The lowest BCUT2D eigenvalue weighted by atomic mass is 10.0. The summed E-state index contributed by atoms with van der Waals surface area (Å²) in [6, 6.07) is 14.4. The number of carbonyl (C=O) groups excluding carboxylic acids is 1. The van der Waals surface area contributed by atoms with Crippen LogP contribution in [0.3, 0.4) is 0 Å². The van der Waals surface area contributed by atoms with Gasteiger partial charge in [0.25, 0.3) is 0 Å². The zero-order valence-corrected chi connectivity index (χ0v) is 17.3. The number of anilines is 3. The molecule has 0 spiro atoms. The molecule has 0 saturated carbocycles. The van der Waals surface area contributed by atoms with E-state index in [2.05, 4.69) is 15.4 Å². The fraction of sp³-hybridized carbons (Fsp3) is 0.136. The summed E-state index contributed by atoms with van der Waals surface area (Å²) in [6.07, 6.45) is 1.43.